The predicted molar refractivity (Wildman–Crippen MR) is 82.7 cm³/mol. The number of aromatic nitrogens is 3. The van der Waals surface area contributed by atoms with E-state index in [-0.39, 0.29) is 11.6 Å². The van der Waals surface area contributed by atoms with Gasteiger partial charge in [0.1, 0.15) is 5.76 Å². The average molecular weight is 302 g/mol. The van der Waals surface area contributed by atoms with Crippen molar-refractivity contribution in [3.63, 3.8) is 0 Å². The van der Waals surface area contributed by atoms with Crippen LogP contribution in [0.3, 0.4) is 0 Å². The minimum Gasteiger partial charge on any atom is -0.361 e. The molecule has 3 heterocycles. The molecule has 1 aliphatic heterocycles. The van der Waals surface area contributed by atoms with Gasteiger partial charge in [-0.1, -0.05) is 5.16 Å². The van der Waals surface area contributed by atoms with Crippen molar-refractivity contribution < 1.29 is 4.52 Å². The molecule has 0 saturated carbocycles. The molecule has 0 N–H and O–H groups in total. The van der Waals surface area contributed by atoms with Crippen molar-refractivity contribution in [2.24, 2.45) is 0 Å². The molecular weight excluding hydrogens is 280 g/mol. The first-order valence-corrected chi connectivity index (χ1v) is 7.71. The number of rotatable bonds is 3. The van der Waals surface area contributed by atoms with Crippen LogP contribution in [-0.2, 0) is 19.5 Å². The van der Waals surface area contributed by atoms with Crippen molar-refractivity contribution in [3.05, 3.63) is 44.7 Å². The summed E-state index contributed by atoms with van der Waals surface area (Å²) in [5, 5.41) is 8.53. The summed E-state index contributed by atoms with van der Waals surface area (Å²) < 4.78 is 6.80. The fourth-order valence-corrected chi connectivity index (χ4v) is 2.93. The highest BCUT2D eigenvalue weighted by atomic mass is 16.5. The first-order chi connectivity index (χ1) is 10.5. The van der Waals surface area contributed by atoms with Gasteiger partial charge in [-0.05, 0) is 33.3 Å². The van der Waals surface area contributed by atoms with Gasteiger partial charge in [0.05, 0.1) is 17.4 Å². The third kappa shape index (κ3) is 2.70. The predicted octanol–water partition coefficient (Wildman–Crippen LogP) is 1.99. The lowest BCUT2D eigenvalue weighted by Crippen LogP contribution is -2.35. The average Bonchev–Trinajstić information content (AvgIpc) is 2.78. The topological polar surface area (TPSA) is 64.2 Å². The van der Waals surface area contributed by atoms with E-state index in [2.05, 4.69) is 15.2 Å². The van der Waals surface area contributed by atoms with E-state index < -0.39 is 0 Å². The number of nitrogens with zero attached hydrogens (tertiary/aromatic N) is 4. The van der Waals surface area contributed by atoms with Crippen LogP contribution in [-0.4, -0.2) is 26.4 Å². The monoisotopic (exact) mass is 302 g/mol. The zero-order valence-electron chi connectivity index (χ0n) is 13.6. The van der Waals surface area contributed by atoms with Gasteiger partial charge in [0.15, 0.2) is 0 Å². The molecule has 118 valence electrons. The molecule has 0 unspecified atom stereocenters. The van der Waals surface area contributed by atoms with E-state index in [4.69, 9.17) is 4.52 Å². The van der Waals surface area contributed by atoms with Gasteiger partial charge in [0.25, 0.3) is 5.56 Å². The van der Waals surface area contributed by atoms with Crippen LogP contribution in [0.15, 0.2) is 15.4 Å². The Kier molecular flexibility index (Phi) is 3.87. The third-order valence-corrected chi connectivity index (χ3v) is 4.23. The molecule has 22 heavy (non-hydrogen) atoms. The van der Waals surface area contributed by atoms with Crippen LogP contribution >= 0.6 is 0 Å². The fraction of sp³-hybridized carbons (Fsp3) is 0.562. The smallest absolute Gasteiger partial charge is 0.267 e. The highest BCUT2D eigenvalue weighted by molar-refractivity contribution is 5.24. The van der Waals surface area contributed by atoms with Crippen LogP contribution < -0.4 is 5.56 Å². The molecule has 3 rings (SSSR count). The molecule has 0 bridgehead atoms. The van der Waals surface area contributed by atoms with Crippen molar-refractivity contribution in [1.29, 1.82) is 0 Å². The number of aryl methyl sites for hydroxylation is 2. The lowest BCUT2D eigenvalue weighted by Gasteiger charge is -2.28. The molecule has 6 heteroatoms. The zero-order chi connectivity index (χ0) is 15.9. The van der Waals surface area contributed by atoms with Gasteiger partial charge in [-0.15, -0.1) is 0 Å². The summed E-state index contributed by atoms with van der Waals surface area (Å²) >= 11 is 0. The second-order valence-electron chi connectivity index (χ2n) is 6.26. The highest BCUT2D eigenvalue weighted by Crippen LogP contribution is 2.21. The Morgan fingerprint density at radius 1 is 1.36 bits per heavy atom. The van der Waals surface area contributed by atoms with Crippen molar-refractivity contribution in [3.8, 4) is 0 Å². The summed E-state index contributed by atoms with van der Waals surface area (Å²) in [6.45, 7) is 10.3. The number of hydrogen-bond acceptors (Lipinski definition) is 5. The van der Waals surface area contributed by atoms with Gasteiger partial charge < -0.3 is 4.52 Å². The molecule has 2 aromatic rings. The second kappa shape index (κ2) is 5.68. The number of fused-ring (bicyclic) bond motifs is 1. The summed E-state index contributed by atoms with van der Waals surface area (Å²) in [5.41, 5.74) is 4.15. The Bertz CT molecular complexity index is 726. The Morgan fingerprint density at radius 3 is 2.77 bits per heavy atom. The van der Waals surface area contributed by atoms with Crippen molar-refractivity contribution in [2.75, 3.05) is 6.54 Å². The molecule has 0 fully saturated rings. The lowest BCUT2D eigenvalue weighted by molar-refractivity contribution is 0.238. The molecular formula is C16H22N4O2. The summed E-state index contributed by atoms with van der Waals surface area (Å²) in [5.74, 6) is 0.872. The zero-order valence-corrected chi connectivity index (χ0v) is 13.6. The molecule has 0 radical (unpaired) electrons. The lowest BCUT2D eigenvalue weighted by atomic mass is 10.1. The summed E-state index contributed by atoms with van der Waals surface area (Å²) in [7, 11) is 0. The highest BCUT2D eigenvalue weighted by Gasteiger charge is 2.22. The Balaban J connectivity index is 1.82. The summed E-state index contributed by atoms with van der Waals surface area (Å²) in [6.07, 6.45) is 0.867. The van der Waals surface area contributed by atoms with E-state index in [0.29, 0.717) is 0 Å². The molecule has 0 saturated heterocycles. The van der Waals surface area contributed by atoms with Gasteiger partial charge in [-0.2, -0.15) is 5.10 Å². The van der Waals surface area contributed by atoms with Gasteiger partial charge in [0.2, 0.25) is 0 Å². The Morgan fingerprint density at radius 2 is 2.14 bits per heavy atom. The quantitative estimate of drug-likeness (QED) is 0.867. The van der Waals surface area contributed by atoms with E-state index in [1.165, 1.54) is 0 Å². The van der Waals surface area contributed by atoms with Crippen LogP contribution in [0.5, 0.6) is 0 Å². The number of hydrogen-bond donors (Lipinski definition) is 0. The SMILES string of the molecule is Cc1noc(C)c1CN1CCc2nn(C(C)C)c(=O)cc2C1. The van der Waals surface area contributed by atoms with Gasteiger partial charge >= 0.3 is 0 Å². The maximum absolute atomic E-state index is 12.1. The third-order valence-electron chi connectivity index (χ3n) is 4.23. The molecule has 0 aromatic carbocycles. The normalized spacial score (nSPS) is 15.3. The van der Waals surface area contributed by atoms with Crippen molar-refractivity contribution in [2.45, 2.75) is 53.2 Å². The second-order valence-corrected chi connectivity index (χ2v) is 6.26. The van der Waals surface area contributed by atoms with Crippen molar-refractivity contribution in [1.82, 2.24) is 19.8 Å². The first kappa shape index (κ1) is 15.0. The van der Waals surface area contributed by atoms with Crippen molar-refractivity contribution >= 4 is 0 Å². The van der Waals surface area contributed by atoms with Crippen LogP contribution in [0.4, 0.5) is 0 Å². The van der Waals surface area contributed by atoms with Crippen LogP contribution in [0.1, 0.15) is 48.2 Å². The molecule has 0 aliphatic carbocycles. The molecule has 2 aromatic heterocycles. The van der Waals surface area contributed by atoms with E-state index in [9.17, 15) is 4.79 Å². The summed E-state index contributed by atoms with van der Waals surface area (Å²) in [4.78, 5) is 14.4. The first-order valence-electron chi connectivity index (χ1n) is 7.71. The van der Waals surface area contributed by atoms with E-state index in [1.54, 1.807) is 10.7 Å². The van der Waals surface area contributed by atoms with Gasteiger partial charge in [-0.3, -0.25) is 9.69 Å². The minimum absolute atomic E-state index is 0.0204. The maximum Gasteiger partial charge on any atom is 0.267 e. The van der Waals surface area contributed by atoms with Crippen LogP contribution in [0, 0.1) is 13.8 Å². The van der Waals surface area contributed by atoms with Gasteiger partial charge in [0, 0.05) is 37.7 Å². The molecule has 6 nitrogen and oxygen atoms in total. The van der Waals surface area contributed by atoms with E-state index >= 15 is 0 Å². The minimum atomic E-state index is -0.0204. The van der Waals surface area contributed by atoms with Gasteiger partial charge in [-0.25, -0.2) is 4.68 Å². The molecule has 0 amide bonds. The van der Waals surface area contributed by atoms with E-state index in [1.807, 2.05) is 27.7 Å². The standard InChI is InChI=1S/C16H22N4O2/c1-10(2)20-16(21)7-13-8-19(6-5-15(13)17-20)9-14-11(3)18-22-12(14)4/h7,10H,5-6,8-9H2,1-4H3. The fourth-order valence-electron chi connectivity index (χ4n) is 2.93. The molecule has 0 atom stereocenters. The summed E-state index contributed by atoms with van der Waals surface area (Å²) in [6, 6.07) is 1.83. The maximum atomic E-state index is 12.1. The molecule has 1 aliphatic rings. The Hall–Kier alpha value is -1.95. The van der Waals surface area contributed by atoms with Crippen LogP contribution in [0.25, 0.3) is 0 Å². The Labute approximate surface area is 129 Å². The van der Waals surface area contributed by atoms with E-state index in [0.717, 1.165) is 54.3 Å². The molecule has 0 spiro atoms. The largest absolute Gasteiger partial charge is 0.361 e. The van der Waals surface area contributed by atoms with Crippen LogP contribution in [0.2, 0.25) is 0 Å².